The molecule has 210 valence electrons. The number of nitrogens with zero attached hydrogens (tertiary/aromatic N) is 3. The maximum absolute atomic E-state index is 13.1. The first kappa shape index (κ1) is 28.3. The molecule has 2 aliphatic rings. The summed E-state index contributed by atoms with van der Waals surface area (Å²) in [6.45, 7) is 4.18. The minimum Gasteiger partial charge on any atom is -0.416 e. The average molecular weight is 582 g/mol. The highest BCUT2D eigenvalue weighted by Crippen LogP contribution is 2.35. The number of benzene rings is 3. The first-order chi connectivity index (χ1) is 19.4. The van der Waals surface area contributed by atoms with E-state index in [9.17, 15) is 13.2 Å². The Labute approximate surface area is 239 Å². The second-order valence-corrected chi connectivity index (χ2v) is 12.2. The number of anilines is 1. The van der Waals surface area contributed by atoms with E-state index in [-0.39, 0.29) is 6.04 Å². The Morgan fingerprint density at radius 3 is 2.50 bits per heavy atom. The number of ether oxygens (including phenoxy) is 1. The molecule has 0 unspecified atom stereocenters. The van der Waals surface area contributed by atoms with Crippen LogP contribution in [0.1, 0.15) is 37.3 Å². The highest BCUT2D eigenvalue weighted by atomic mass is 35.5. The molecule has 8 nitrogen and oxygen atoms in total. The third-order valence-corrected chi connectivity index (χ3v) is 9.55. The minimum atomic E-state index is -3.45. The average Bonchev–Trinajstić information content (AvgIpc) is 2.98. The predicted octanol–water partition coefficient (Wildman–Crippen LogP) is 5.63. The van der Waals surface area contributed by atoms with Gasteiger partial charge in [0.05, 0.1) is 17.0 Å². The Balaban J connectivity index is 0.000000244. The molecular formula is C30H32ClN3O5S. The Bertz CT molecular complexity index is 1620. The second kappa shape index (κ2) is 12.5. The summed E-state index contributed by atoms with van der Waals surface area (Å²) in [6, 6.07) is 20.8. The van der Waals surface area contributed by atoms with Gasteiger partial charge in [-0.15, -0.1) is 0 Å². The molecule has 4 aromatic rings. The molecule has 40 heavy (non-hydrogen) atoms. The van der Waals surface area contributed by atoms with E-state index in [0.29, 0.717) is 36.8 Å². The van der Waals surface area contributed by atoms with Crippen molar-refractivity contribution in [1.82, 2.24) is 9.29 Å². The van der Waals surface area contributed by atoms with Crippen LogP contribution in [0.5, 0.6) is 0 Å². The highest BCUT2D eigenvalue weighted by Gasteiger charge is 2.33. The van der Waals surface area contributed by atoms with E-state index in [1.165, 1.54) is 11.8 Å². The molecule has 6 rings (SSSR count). The van der Waals surface area contributed by atoms with Crippen molar-refractivity contribution in [1.29, 1.82) is 0 Å². The third kappa shape index (κ3) is 6.23. The molecular weight excluding hydrogens is 550 g/mol. The van der Waals surface area contributed by atoms with E-state index in [0.717, 1.165) is 47.3 Å². The smallest absolute Gasteiger partial charge is 0.416 e. The van der Waals surface area contributed by atoms with Gasteiger partial charge in [-0.25, -0.2) is 13.2 Å². The molecule has 0 atom stereocenters. The largest absolute Gasteiger partial charge is 0.439 e. The number of halogens is 1. The quantitative estimate of drug-likeness (QED) is 0.302. The Morgan fingerprint density at radius 1 is 1.00 bits per heavy atom. The van der Waals surface area contributed by atoms with Gasteiger partial charge in [0.15, 0.2) is 0 Å². The van der Waals surface area contributed by atoms with Crippen molar-refractivity contribution in [3.05, 3.63) is 99.7 Å². The van der Waals surface area contributed by atoms with Crippen molar-refractivity contribution in [2.75, 3.05) is 24.7 Å². The van der Waals surface area contributed by atoms with Crippen molar-refractivity contribution in [2.24, 2.45) is 0 Å². The fraction of sp³-hybridized carbons (Fsp3) is 0.333. The van der Waals surface area contributed by atoms with Gasteiger partial charge in [-0.2, -0.15) is 9.29 Å². The van der Waals surface area contributed by atoms with Crippen LogP contribution in [-0.2, 0) is 27.8 Å². The summed E-state index contributed by atoms with van der Waals surface area (Å²) in [5.74, 6) is -0.552. The van der Waals surface area contributed by atoms with Crippen LogP contribution in [0, 0.1) is 0 Å². The zero-order valence-corrected chi connectivity index (χ0v) is 23.9. The van der Waals surface area contributed by atoms with Crippen molar-refractivity contribution in [3.63, 3.8) is 0 Å². The van der Waals surface area contributed by atoms with E-state index in [2.05, 4.69) is 27.3 Å². The molecule has 0 radical (unpaired) electrons. The molecule has 2 aliphatic heterocycles. The minimum absolute atomic E-state index is 0.242. The van der Waals surface area contributed by atoms with Gasteiger partial charge in [-0.05, 0) is 61.2 Å². The monoisotopic (exact) mass is 581 g/mol. The molecule has 0 aliphatic carbocycles. The van der Waals surface area contributed by atoms with Crippen LogP contribution in [0.4, 0.5) is 5.69 Å². The molecule has 0 amide bonds. The van der Waals surface area contributed by atoms with Gasteiger partial charge in [-0.1, -0.05) is 55.3 Å². The molecule has 1 saturated heterocycles. The normalized spacial score (nSPS) is 16.3. The van der Waals surface area contributed by atoms with Crippen LogP contribution in [-0.4, -0.2) is 43.6 Å². The lowest BCUT2D eigenvalue weighted by Gasteiger charge is -2.41. The van der Waals surface area contributed by atoms with Crippen molar-refractivity contribution in [3.8, 4) is 0 Å². The molecule has 1 fully saturated rings. The zero-order valence-electron chi connectivity index (χ0n) is 22.3. The van der Waals surface area contributed by atoms with Crippen LogP contribution in [0.2, 0.25) is 5.02 Å². The van der Waals surface area contributed by atoms with E-state index >= 15 is 0 Å². The number of aromatic nitrogens is 1. The number of aryl methyl sites for hydroxylation is 1. The Morgan fingerprint density at radius 2 is 1.75 bits per heavy atom. The maximum Gasteiger partial charge on any atom is 0.439 e. The summed E-state index contributed by atoms with van der Waals surface area (Å²) in [5.41, 5.74) is 3.97. The lowest BCUT2D eigenvalue weighted by atomic mass is 10.0. The van der Waals surface area contributed by atoms with Gasteiger partial charge in [-0.3, -0.25) is 0 Å². The fourth-order valence-electron chi connectivity index (χ4n) is 5.16. The van der Waals surface area contributed by atoms with Crippen LogP contribution in [0.25, 0.3) is 10.9 Å². The summed E-state index contributed by atoms with van der Waals surface area (Å²) in [7, 11) is -3.45. The third-order valence-electron chi connectivity index (χ3n) is 7.28. The second-order valence-electron chi connectivity index (χ2n) is 9.89. The van der Waals surface area contributed by atoms with E-state index in [1.54, 1.807) is 22.5 Å². The summed E-state index contributed by atoms with van der Waals surface area (Å²) in [4.78, 5) is 16.9. The molecule has 3 aromatic carbocycles. The Hall–Kier alpha value is -3.24. The first-order valence-electron chi connectivity index (χ1n) is 13.4. The van der Waals surface area contributed by atoms with Gasteiger partial charge < -0.3 is 14.1 Å². The van der Waals surface area contributed by atoms with Gasteiger partial charge in [0.2, 0.25) is 10.0 Å². The SMILES string of the molecule is CCCc1ccc(S(=O)(=O)N2CCC(N3COCc4c(Cl)cccc43)CC2)cc1.O=c1nc2ccccc2co1. The van der Waals surface area contributed by atoms with Crippen LogP contribution in [0.3, 0.4) is 0 Å². The molecule has 0 spiro atoms. The maximum atomic E-state index is 13.1. The number of hydrogen-bond donors (Lipinski definition) is 0. The number of para-hydroxylation sites is 1. The summed E-state index contributed by atoms with van der Waals surface area (Å²) in [5, 5.41) is 1.56. The van der Waals surface area contributed by atoms with E-state index in [1.807, 2.05) is 42.5 Å². The number of piperidine rings is 1. The lowest BCUT2D eigenvalue weighted by molar-refractivity contribution is 0.0988. The molecule has 0 N–H and O–H groups in total. The van der Waals surface area contributed by atoms with Crippen molar-refractivity contribution in [2.45, 2.75) is 50.2 Å². The number of sulfonamides is 1. The summed E-state index contributed by atoms with van der Waals surface area (Å²) < 4.78 is 38.0. The number of hydrogen-bond acceptors (Lipinski definition) is 7. The lowest BCUT2D eigenvalue weighted by Crippen LogP contribution is -2.48. The molecule has 3 heterocycles. The highest BCUT2D eigenvalue weighted by molar-refractivity contribution is 7.89. The zero-order chi connectivity index (χ0) is 28.1. The van der Waals surface area contributed by atoms with E-state index in [4.69, 9.17) is 16.3 Å². The van der Waals surface area contributed by atoms with E-state index < -0.39 is 15.8 Å². The van der Waals surface area contributed by atoms with Crippen LogP contribution < -0.4 is 10.7 Å². The van der Waals surface area contributed by atoms with Gasteiger partial charge >= 0.3 is 5.76 Å². The number of rotatable bonds is 5. The molecule has 1 aromatic heterocycles. The van der Waals surface area contributed by atoms with Crippen molar-refractivity contribution < 1.29 is 17.6 Å². The van der Waals surface area contributed by atoms with Crippen molar-refractivity contribution >= 4 is 38.2 Å². The van der Waals surface area contributed by atoms with Gasteiger partial charge in [0.1, 0.15) is 13.0 Å². The summed E-state index contributed by atoms with van der Waals surface area (Å²) >= 11 is 6.33. The molecule has 0 saturated carbocycles. The van der Waals surface area contributed by atoms with Gasteiger partial charge in [0.25, 0.3) is 0 Å². The van der Waals surface area contributed by atoms with Crippen LogP contribution in [0.15, 0.2) is 87.1 Å². The van der Waals surface area contributed by atoms with Gasteiger partial charge in [0, 0.05) is 40.8 Å². The Kier molecular flexibility index (Phi) is 8.85. The summed E-state index contributed by atoms with van der Waals surface area (Å²) in [6.07, 6.45) is 4.96. The first-order valence-corrected chi connectivity index (χ1v) is 15.2. The number of fused-ring (bicyclic) bond motifs is 2. The van der Waals surface area contributed by atoms with Crippen LogP contribution >= 0.6 is 11.6 Å². The molecule has 0 bridgehead atoms. The topological polar surface area (TPSA) is 93.0 Å². The predicted molar refractivity (Wildman–Crippen MR) is 156 cm³/mol. The standard InChI is InChI=1S/C22H27ClN2O3S.C8H5NO2/c1-2-4-17-7-9-19(10-8-17)29(26,27)24-13-11-18(12-14-24)25-16-28-15-20-21(23)5-3-6-22(20)25;10-8-9-7-4-2-1-3-6(7)5-11-8/h3,5-10,18H,2,4,11-16H2,1H3;1-5H. The fourth-order valence-corrected chi connectivity index (χ4v) is 6.86. The molecule has 10 heteroatoms.